The Bertz CT molecular complexity index is 525. The molecule has 0 aliphatic heterocycles. The number of carbonyl (C=O) groups is 1. The van der Waals surface area contributed by atoms with Gasteiger partial charge in [-0.25, -0.2) is 0 Å². The van der Waals surface area contributed by atoms with Gasteiger partial charge in [-0.05, 0) is 46.9 Å². The number of hydrogen-bond acceptors (Lipinski definition) is 2. The summed E-state index contributed by atoms with van der Waals surface area (Å²) in [6, 6.07) is 10.1. The Morgan fingerprint density at radius 2 is 2.05 bits per heavy atom. The van der Waals surface area contributed by atoms with E-state index < -0.39 is 0 Å². The van der Waals surface area contributed by atoms with Crippen molar-refractivity contribution in [3.05, 3.63) is 56.7 Å². The van der Waals surface area contributed by atoms with E-state index in [1.807, 2.05) is 24.3 Å². The van der Waals surface area contributed by atoms with Gasteiger partial charge in [0.25, 0.3) is 0 Å². The summed E-state index contributed by atoms with van der Waals surface area (Å²) in [5, 5.41) is 7.14. The van der Waals surface area contributed by atoms with Gasteiger partial charge in [0.05, 0.1) is 0 Å². The number of halogens is 1. The molecular formula is C15H16BrNOS. The van der Waals surface area contributed by atoms with Crippen molar-refractivity contribution < 1.29 is 4.79 Å². The summed E-state index contributed by atoms with van der Waals surface area (Å²) in [5.41, 5.74) is 2.46. The highest BCUT2D eigenvalue weighted by Crippen LogP contribution is 2.17. The number of carbonyl (C=O) groups excluding carboxylic acids is 1. The monoisotopic (exact) mass is 337 g/mol. The van der Waals surface area contributed by atoms with Gasteiger partial charge in [-0.2, -0.15) is 11.3 Å². The van der Waals surface area contributed by atoms with Crippen molar-refractivity contribution in [1.82, 2.24) is 5.32 Å². The third-order valence-electron chi connectivity index (χ3n) is 2.90. The lowest BCUT2D eigenvalue weighted by Gasteiger charge is -2.06. The van der Waals surface area contributed by atoms with E-state index in [9.17, 15) is 4.79 Å². The number of amides is 1. The summed E-state index contributed by atoms with van der Waals surface area (Å²) in [7, 11) is 0. The SMILES string of the molecule is O=C(CCc1ccccc1Br)NCCc1ccsc1. The van der Waals surface area contributed by atoms with E-state index in [-0.39, 0.29) is 5.91 Å². The van der Waals surface area contributed by atoms with Gasteiger partial charge in [-0.1, -0.05) is 34.1 Å². The van der Waals surface area contributed by atoms with Crippen molar-refractivity contribution in [1.29, 1.82) is 0 Å². The van der Waals surface area contributed by atoms with E-state index in [4.69, 9.17) is 0 Å². The van der Waals surface area contributed by atoms with Crippen LogP contribution in [0.5, 0.6) is 0 Å². The maximum absolute atomic E-state index is 11.7. The quantitative estimate of drug-likeness (QED) is 0.853. The zero-order valence-corrected chi connectivity index (χ0v) is 13.0. The fourth-order valence-electron chi connectivity index (χ4n) is 1.82. The van der Waals surface area contributed by atoms with Crippen LogP contribution in [0.1, 0.15) is 17.5 Å². The average Bonchev–Trinajstić information content (AvgIpc) is 2.91. The number of benzene rings is 1. The van der Waals surface area contributed by atoms with Gasteiger partial charge >= 0.3 is 0 Å². The molecule has 0 bridgehead atoms. The van der Waals surface area contributed by atoms with E-state index >= 15 is 0 Å². The normalized spacial score (nSPS) is 10.4. The largest absolute Gasteiger partial charge is 0.356 e. The molecule has 0 saturated carbocycles. The van der Waals surface area contributed by atoms with Crippen LogP contribution in [0, 0.1) is 0 Å². The summed E-state index contributed by atoms with van der Waals surface area (Å²) >= 11 is 5.18. The molecule has 1 heterocycles. The van der Waals surface area contributed by atoms with Gasteiger partial charge in [-0.3, -0.25) is 4.79 Å². The molecule has 0 atom stereocenters. The molecule has 2 aromatic rings. The second-order valence-electron chi connectivity index (χ2n) is 4.32. The third-order valence-corrected chi connectivity index (χ3v) is 4.40. The minimum Gasteiger partial charge on any atom is -0.356 e. The van der Waals surface area contributed by atoms with E-state index in [1.54, 1.807) is 11.3 Å². The summed E-state index contributed by atoms with van der Waals surface area (Å²) in [6.45, 7) is 0.714. The number of thiophene rings is 1. The molecule has 4 heteroatoms. The molecule has 1 N–H and O–H groups in total. The smallest absolute Gasteiger partial charge is 0.220 e. The molecule has 0 aliphatic carbocycles. The van der Waals surface area contributed by atoms with Gasteiger partial charge in [0.2, 0.25) is 5.91 Å². The fraction of sp³-hybridized carbons (Fsp3) is 0.267. The van der Waals surface area contributed by atoms with Gasteiger partial charge in [-0.15, -0.1) is 0 Å². The lowest BCUT2D eigenvalue weighted by Crippen LogP contribution is -2.25. The molecule has 2 nitrogen and oxygen atoms in total. The van der Waals surface area contributed by atoms with Crippen LogP contribution in [0.4, 0.5) is 0 Å². The van der Waals surface area contributed by atoms with Crippen molar-refractivity contribution in [3.63, 3.8) is 0 Å². The number of rotatable bonds is 6. The van der Waals surface area contributed by atoms with Crippen LogP contribution in [0.25, 0.3) is 0 Å². The second-order valence-corrected chi connectivity index (χ2v) is 5.96. The van der Waals surface area contributed by atoms with E-state index in [1.165, 1.54) is 11.1 Å². The van der Waals surface area contributed by atoms with Crippen molar-refractivity contribution in [2.45, 2.75) is 19.3 Å². The van der Waals surface area contributed by atoms with Crippen LogP contribution >= 0.6 is 27.3 Å². The molecule has 19 heavy (non-hydrogen) atoms. The molecule has 0 saturated heterocycles. The van der Waals surface area contributed by atoms with Crippen LogP contribution in [-0.2, 0) is 17.6 Å². The molecule has 1 amide bonds. The third kappa shape index (κ3) is 4.80. The van der Waals surface area contributed by atoms with Crippen molar-refractivity contribution in [3.8, 4) is 0 Å². The first-order chi connectivity index (χ1) is 9.25. The number of aryl methyl sites for hydroxylation is 1. The Morgan fingerprint density at radius 3 is 2.79 bits per heavy atom. The average molecular weight is 338 g/mol. The van der Waals surface area contributed by atoms with Crippen LogP contribution in [0.3, 0.4) is 0 Å². The van der Waals surface area contributed by atoms with E-state index in [0.29, 0.717) is 13.0 Å². The Labute approximate surface area is 126 Å². The van der Waals surface area contributed by atoms with Crippen molar-refractivity contribution in [2.24, 2.45) is 0 Å². The molecule has 0 radical (unpaired) electrons. The first-order valence-corrected chi connectivity index (χ1v) is 8.00. The zero-order chi connectivity index (χ0) is 13.5. The molecule has 2 rings (SSSR count). The van der Waals surface area contributed by atoms with Crippen LogP contribution < -0.4 is 5.32 Å². The van der Waals surface area contributed by atoms with Gasteiger partial charge in [0.15, 0.2) is 0 Å². The maximum Gasteiger partial charge on any atom is 0.220 e. The fourth-order valence-corrected chi connectivity index (χ4v) is 3.01. The first-order valence-electron chi connectivity index (χ1n) is 6.27. The summed E-state index contributed by atoms with van der Waals surface area (Å²) in [6.07, 6.45) is 2.21. The molecular weight excluding hydrogens is 322 g/mol. The lowest BCUT2D eigenvalue weighted by atomic mass is 10.1. The predicted octanol–water partition coefficient (Wildman–Crippen LogP) is 3.80. The molecule has 0 aliphatic rings. The lowest BCUT2D eigenvalue weighted by molar-refractivity contribution is -0.121. The Hall–Kier alpha value is -1.13. The van der Waals surface area contributed by atoms with Crippen LogP contribution in [0.15, 0.2) is 45.6 Å². The molecule has 1 aromatic carbocycles. The Morgan fingerprint density at radius 1 is 1.21 bits per heavy atom. The molecule has 0 fully saturated rings. The summed E-state index contributed by atoms with van der Waals surface area (Å²) < 4.78 is 1.07. The first kappa shape index (κ1) is 14.3. The number of hydrogen-bond donors (Lipinski definition) is 1. The van der Waals surface area contributed by atoms with Crippen molar-refractivity contribution in [2.75, 3.05) is 6.54 Å². The molecule has 0 spiro atoms. The highest BCUT2D eigenvalue weighted by atomic mass is 79.9. The second kappa shape index (κ2) is 7.46. The maximum atomic E-state index is 11.7. The topological polar surface area (TPSA) is 29.1 Å². The summed E-state index contributed by atoms with van der Waals surface area (Å²) in [4.78, 5) is 11.7. The van der Waals surface area contributed by atoms with Crippen molar-refractivity contribution >= 4 is 33.2 Å². The number of nitrogens with one attached hydrogen (secondary N) is 1. The van der Waals surface area contributed by atoms with Crippen LogP contribution in [-0.4, -0.2) is 12.5 Å². The molecule has 100 valence electrons. The minimum absolute atomic E-state index is 0.117. The van der Waals surface area contributed by atoms with E-state index in [0.717, 1.165) is 17.3 Å². The predicted molar refractivity (Wildman–Crippen MR) is 83.5 cm³/mol. The van der Waals surface area contributed by atoms with Gasteiger partial charge < -0.3 is 5.32 Å². The Kier molecular flexibility index (Phi) is 5.61. The van der Waals surface area contributed by atoms with Gasteiger partial charge in [0.1, 0.15) is 0 Å². The van der Waals surface area contributed by atoms with Crippen LogP contribution in [0.2, 0.25) is 0 Å². The van der Waals surface area contributed by atoms with E-state index in [2.05, 4.69) is 38.1 Å². The standard InChI is InChI=1S/C15H16BrNOS/c16-14-4-2-1-3-13(14)5-6-15(18)17-9-7-12-8-10-19-11-12/h1-4,8,10-11H,5-7,9H2,(H,17,18). The molecule has 0 unspecified atom stereocenters. The highest BCUT2D eigenvalue weighted by Gasteiger charge is 2.04. The summed E-state index contributed by atoms with van der Waals surface area (Å²) in [5.74, 6) is 0.117. The minimum atomic E-state index is 0.117. The Balaban J connectivity index is 1.69. The van der Waals surface area contributed by atoms with Gasteiger partial charge in [0, 0.05) is 17.4 Å². The zero-order valence-electron chi connectivity index (χ0n) is 10.6. The molecule has 1 aromatic heterocycles. The highest BCUT2D eigenvalue weighted by molar-refractivity contribution is 9.10.